The second kappa shape index (κ2) is 6.64. The Labute approximate surface area is 144 Å². The molecular formula is C18H17N3O4. The first-order valence-electron chi connectivity index (χ1n) is 7.74. The number of phenolic OH excluding ortho intramolecular Hbond substituents is 1. The Hall–Kier alpha value is -3.35. The Morgan fingerprint density at radius 3 is 2.44 bits per heavy atom. The van der Waals surface area contributed by atoms with Crippen LogP contribution in [0.15, 0.2) is 48.5 Å². The number of imide groups is 1. The van der Waals surface area contributed by atoms with Crippen LogP contribution in [0.1, 0.15) is 13.3 Å². The minimum Gasteiger partial charge on any atom is -0.508 e. The number of nitrogens with one attached hydrogen (secondary N) is 2. The number of nitrogens with zero attached hydrogens (tertiary/aromatic N) is 1. The summed E-state index contributed by atoms with van der Waals surface area (Å²) in [7, 11) is 0. The predicted octanol–water partition coefficient (Wildman–Crippen LogP) is 2.09. The number of anilines is 3. The molecule has 1 aliphatic heterocycles. The number of phenols is 1. The van der Waals surface area contributed by atoms with E-state index in [9.17, 15) is 19.5 Å². The van der Waals surface area contributed by atoms with E-state index in [0.29, 0.717) is 17.1 Å². The summed E-state index contributed by atoms with van der Waals surface area (Å²) in [5.41, 5.74) is 1.66. The van der Waals surface area contributed by atoms with Crippen molar-refractivity contribution < 1.29 is 19.5 Å². The number of amides is 3. The first-order valence-corrected chi connectivity index (χ1v) is 7.74. The van der Waals surface area contributed by atoms with E-state index in [1.54, 1.807) is 36.4 Å². The zero-order valence-electron chi connectivity index (χ0n) is 13.5. The van der Waals surface area contributed by atoms with Gasteiger partial charge in [-0.1, -0.05) is 6.07 Å². The Morgan fingerprint density at radius 2 is 1.80 bits per heavy atom. The highest BCUT2D eigenvalue weighted by molar-refractivity contribution is 6.23. The molecule has 2 aromatic carbocycles. The molecule has 0 aliphatic carbocycles. The number of hydrogen-bond donors (Lipinski definition) is 3. The molecule has 3 amide bonds. The zero-order chi connectivity index (χ0) is 18.0. The minimum atomic E-state index is -0.679. The monoisotopic (exact) mass is 339 g/mol. The molecule has 1 unspecified atom stereocenters. The van der Waals surface area contributed by atoms with Crippen molar-refractivity contribution in [2.24, 2.45) is 0 Å². The molecule has 0 saturated carbocycles. The smallest absolute Gasteiger partial charge is 0.256 e. The van der Waals surface area contributed by atoms with E-state index in [1.165, 1.54) is 19.1 Å². The molecule has 0 bridgehead atoms. The van der Waals surface area contributed by atoms with Crippen molar-refractivity contribution in [1.29, 1.82) is 0 Å². The summed E-state index contributed by atoms with van der Waals surface area (Å²) in [4.78, 5) is 36.8. The fourth-order valence-corrected chi connectivity index (χ4v) is 2.70. The molecular weight excluding hydrogens is 322 g/mol. The lowest BCUT2D eigenvalue weighted by Crippen LogP contribution is -2.34. The molecule has 3 N–H and O–H groups in total. The Bertz CT molecular complexity index is 832. The zero-order valence-corrected chi connectivity index (χ0v) is 13.5. The Morgan fingerprint density at radius 1 is 1.12 bits per heavy atom. The molecule has 1 saturated heterocycles. The van der Waals surface area contributed by atoms with Crippen LogP contribution < -0.4 is 15.5 Å². The van der Waals surface area contributed by atoms with E-state index < -0.39 is 6.04 Å². The van der Waals surface area contributed by atoms with E-state index in [2.05, 4.69) is 10.6 Å². The Kier molecular flexibility index (Phi) is 4.38. The fraction of sp³-hybridized carbons (Fsp3) is 0.167. The number of rotatable bonds is 4. The lowest BCUT2D eigenvalue weighted by atomic mass is 10.2. The maximum absolute atomic E-state index is 12.5. The second-order valence-electron chi connectivity index (χ2n) is 5.75. The molecule has 7 heteroatoms. The van der Waals surface area contributed by atoms with Gasteiger partial charge in [-0.15, -0.1) is 0 Å². The third-order valence-corrected chi connectivity index (χ3v) is 3.78. The van der Waals surface area contributed by atoms with Gasteiger partial charge in [0.25, 0.3) is 5.91 Å². The molecule has 1 heterocycles. The van der Waals surface area contributed by atoms with Gasteiger partial charge in [0.05, 0.1) is 12.1 Å². The van der Waals surface area contributed by atoms with Gasteiger partial charge in [0.15, 0.2) is 0 Å². The highest BCUT2D eigenvalue weighted by atomic mass is 16.3. The number of benzene rings is 2. The topological polar surface area (TPSA) is 98.7 Å². The molecule has 0 aromatic heterocycles. The average Bonchev–Trinajstić information content (AvgIpc) is 2.83. The van der Waals surface area contributed by atoms with Crippen LogP contribution in [0, 0.1) is 0 Å². The highest BCUT2D eigenvalue weighted by Gasteiger charge is 2.39. The van der Waals surface area contributed by atoms with Gasteiger partial charge in [-0.2, -0.15) is 0 Å². The first kappa shape index (κ1) is 16.5. The summed E-state index contributed by atoms with van der Waals surface area (Å²) in [6, 6.07) is 12.2. The molecule has 1 aliphatic rings. The third-order valence-electron chi connectivity index (χ3n) is 3.78. The lowest BCUT2D eigenvalue weighted by molar-refractivity contribution is -0.121. The highest BCUT2D eigenvalue weighted by Crippen LogP contribution is 2.27. The molecule has 3 rings (SSSR count). The van der Waals surface area contributed by atoms with Crippen molar-refractivity contribution in [3.05, 3.63) is 48.5 Å². The van der Waals surface area contributed by atoms with Crippen LogP contribution in [-0.2, 0) is 14.4 Å². The summed E-state index contributed by atoms with van der Waals surface area (Å²) in [5.74, 6) is -0.883. The van der Waals surface area contributed by atoms with Gasteiger partial charge in [0.1, 0.15) is 11.8 Å². The Balaban J connectivity index is 1.73. The van der Waals surface area contributed by atoms with Gasteiger partial charge in [0.2, 0.25) is 11.8 Å². The van der Waals surface area contributed by atoms with E-state index in [-0.39, 0.29) is 29.9 Å². The summed E-state index contributed by atoms with van der Waals surface area (Å²) < 4.78 is 0. The molecule has 1 atom stereocenters. The van der Waals surface area contributed by atoms with Gasteiger partial charge < -0.3 is 15.7 Å². The van der Waals surface area contributed by atoms with Gasteiger partial charge in [-0.25, -0.2) is 4.90 Å². The number of carbonyl (C=O) groups is 3. The van der Waals surface area contributed by atoms with Crippen molar-refractivity contribution in [2.75, 3.05) is 15.5 Å². The van der Waals surface area contributed by atoms with Crippen molar-refractivity contribution in [2.45, 2.75) is 19.4 Å². The normalized spacial score (nSPS) is 16.8. The maximum Gasteiger partial charge on any atom is 0.256 e. The second-order valence-corrected chi connectivity index (χ2v) is 5.75. The summed E-state index contributed by atoms with van der Waals surface area (Å²) in [5, 5.41) is 15.2. The lowest BCUT2D eigenvalue weighted by Gasteiger charge is -2.16. The van der Waals surface area contributed by atoms with Gasteiger partial charge in [-0.3, -0.25) is 14.4 Å². The van der Waals surface area contributed by atoms with Crippen LogP contribution in [-0.4, -0.2) is 28.9 Å². The number of hydrogen-bond acceptors (Lipinski definition) is 5. The van der Waals surface area contributed by atoms with Gasteiger partial charge in [0, 0.05) is 24.4 Å². The van der Waals surface area contributed by atoms with E-state index in [0.717, 1.165) is 4.90 Å². The van der Waals surface area contributed by atoms with Crippen molar-refractivity contribution in [3.8, 4) is 5.75 Å². The standard InChI is InChI=1S/C18H17N3O4/c1-11(22)19-12-5-7-13(8-6-12)20-16-10-17(24)21(18(16)25)14-3-2-4-15(23)9-14/h2-9,16,20,23H,10H2,1H3,(H,19,22). The maximum atomic E-state index is 12.5. The molecule has 1 fully saturated rings. The van der Waals surface area contributed by atoms with Crippen LogP contribution in [0.4, 0.5) is 17.1 Å². The summed E-state index contributed by atoms with van der Waals surface area (Å²) in [6.45, 7) is 1.42. The van der Waals surface area contributed by atoms with Crippen LogP contribution in [0.5, 0.6) is 5.75 Å². The number of carbonyl (C=O) groups excluding carboxylic acids is 3. The summed E-state index contributed by atoms with van der Waals surface area (Å²) in [6.07, 6.45) is 0.0297. The van der Waals surface area contributed by atoms with E-state index in [4.69, 9.17) is 0 Å². The molecule has 7 nitrogen and oxygen atoms in total. The molecule has 0 spiro atoms. The predicted molar refractivity (Wildman–Crippen MR) is 93.4 cm³/mol. The summed E-state index contributed by atoms with van der Waals surface area (Å²) >= 11 is 0. The van der Waals surface area contributed by atoms with E-state index in [1.807, 2.05) is 0 Å². The fourth-order valence-electron chi connectivity index (χ4n) is 2.70. The molecule has 25 heavy (non-hydrogen) atoms. The van der Waals surface area contributed by atoms with Crippen LogP contribution in [0.3, 0.4) is 0 Å². The molecule has 0 radical (unpaired) electrons. The van der Waals surface area contributed by atoms with Gasteiger partial charge >= 0.3 is 0 Å². The van der Waals surface area contributed by atoms with Crippen LogP contribution in [0.2, 0.25) is 0 Å². The molecule has 2 aromatic rings. The number of aromatic hydroxyl groups is 1. The molecule has 128 valence electrons. The van der Waals surface area contributed by atoms with Crippen molar-refractivity contribution >= 4 is 34.8 Å². The van der Waals surface area contributed by atoms with Crippen LogP contribution in [0.25, 0.3) is 0 Å². The van der Waals surface area contributed by atoms with Crippen molar-refractivity contribution in [1.82, 2.24) is 0 Å². The minimum absolute atomic E-state index is 0.0110. The van der Waals surface area contributed by atoms with E-state index >= 15 is 0 Å². The first-order chi connectivity index (χ1) is 11.9. The quantitative estimate of drug-likeness (QED) is 0.741. The van der Waals surface area contributed by atoms with Crippen LogP contribution >= 0.6 is 0 Å². The SMILES string of the molecule is CC(=O)Nc1ccc(NC2CC(=O)N(c3cccc(O)c3)C2=O)cc1. The largest absolute Gasteiger partial charge is 0.508 e. The third kappa shape index (κ3) is 3.60. The average molecular weight is 339 g/mol. The van der Waals surface area contributed by atoms with Crippen molar-refractivity contribution in [3.63, 3.8) is 0 Å². The van der Waals surface area contributed by atoms with Gasteiger partial charge in [-0.05, 0) is 36.4 Å².